The molecule has 0 aromatic rings. The van der Waals surface area contributed by atoms with Crippen molar-refractivity contribution in [2.45, 2.75) is 72.3 Å². The van der Waals surface area contributed by atoms with Crippen molar-refractivity contribution in [3.8, 4) is 0 Å². The summed E-state index contributed by atoms with van der Waals surface area (Å²) in [7, 11) is 0. The maximum absolute atomic E-state index is 5.53. The van der Waals surface area contributed by atoms with Crippen LogP contribution in [0, 0.1) is 5.92 Å². The van der Waals surface area contributed by atoms with Crippen LogP contribution in [0.15, 0.2) is 0 Å². The first-order chi connectivity index (χ1) is 6.74. The molecule has 1 aliphatic rings. The van der Waals surface area contributed by atoms with Crippen LogP contribution in [0.1, 0.15) is 69.1 Å². The van der Waals surface area contributed by atoms with Crippen LogP contribution in [0.25, 0.3) is 0 Å². The van der Waals surface area contributed by atoms with Crippen molar-refractivity contribution in [2.75, 3.05) is 6.54 Å². The van der Waals surface area contributed by atoms with Gasteiger partial charge in [-0.25, -0.2) is 0 Å². The fraction of sp³-hybridized carbons (Fsp3) is 1.00. The van der Waals surface area contributed by atoms with E-state index in [1.807, 2.05) is 0 Å². The fourth-order valence-corrected chi connectivity index (χ4v) is 1.85. The molecule has 0 saturated heterocycles. The summed E-state index contributed by atoms with van der Waals surface area (Å²) in [6.07, 6.45) is 9.06. The van der Waals surface area contributed by atoms with Crippen LogP contribution in [-0.2, 0) is 0 Å². The van der Waals surface area contributed by atoms with Gasteiger partial charge in [0.05, 0.1) is 0 Å². The highest BCUT2D eigenvalue weighted by Gasteiger charge is 2.07. The third kappa shape index (κ3) is 18.6. The minimum Gasteiger partial charge on any atom is -0.412 e. The molecular formula is C13H42N2O2S. The molecule has 0 amide bonds. The molecule has 1 atom stereocenters. The summed E-state index contributed by atoms with van der Waals surface area (Å²) in [6.45, 7) is 5.27. The van der Waals surface area contributed by atoms with Crippen molar-refractivity contribution in [3.63, 3.8) is 0 Å². The smallest absolute Gasteiger partial charge is 0.00388 e. The van der Waals surface area contributed by atoms with E-state index in [1.165, 1.54) is 44.9 Å². The molecule has 0 unspecified atom stereocenters. The highest BCUT2D eigenvalue weighted by Crippen LogP contribution is 2.14. The molecule has 0 spiro atoms. The van der Waals surface area contributed by atoms with Crippen molar-refractivity contribution < 1.29 is 13.8 Å². The van der Waals surface area contributed by atoms with E-state index >= 15 is 0 Å². The lowest BCUT2D eigenvalue weighted by molar-refractivity contribution is 0.475. The van der Waals surface area contributed by atoms with Gasteiger partial charge in [-0.3, -0.25) is 0 Å². The summed E-state index contributed by atoms with van der Waals surface area (Å²) >= 11 is 0. The second-order valence-corrected chi connectivity index (χ2v) is 4.34. The molecule has 18 heavy (non-hydrogen) atoms. The molecule has 122 valence electrons. The van der Waals surface area contributed by atoms with E-state index in [0.29, 0.717) is 6.04 Å². The van der Waals surface area contributed by atoms with Crippen molar-refractivity contribution in [1.29, 1.82) is 0 Å². The molecule has 1 aliphatic carbocycles. The van der Waals surface area contributed by atoms with Gasteiger partial charge in [0.2, 0.25) is 0 Å². The van der Waals surface area contributed by atoms with Gasteiger partial charge in [-0.15, -0.1) is 0 Å². The molecule has 4 nitrogen and oxygen atoms in total. The summed E-state index contributed by atoms with van der Waals surface area (Å²) in [6, 6.07) is 0.546. The molecule has 0 radical (unpaired) electrons. The van der Waals surface area contributed by atoms with Crippen LogP contribution >= 0.6 is 13.5 Å². The number of hydrogen-bond donors (Lipinski definition) is 2. The number of hydrogen-bond acceptors (Lipinski definition) is 2. The predicted molar refractivity (Wildman–Crippen MR) is 92.8 cm³/mol. The van der Waals surface area contributed by atoms with Crippen LogP contribution in [0.4, 0.5) is 0 Å². The molecule has 1 saturated carbocycles. The predicted octanol–water partition coefficient (Wildman–Crippen LogP) is 2.25. The van der Waals surface area contributed by atoms with Crippen LogP contribution in [-0.4, -0.2) is 23.5 Å². The Morgan fingerprint density at radius 1 is 1.17 bits per heavy atom. The van der Waals surface area contributed by atoms with Crippen molar-refractivity contribution in [2.24, 2.45) is 17.4 Å². The number of rotatable bonds is 4. The van der Waals surface area contributed by atoms with Gasteiger partial charge in [0.15, 0.2) is 0 Å². The second-order valence-electron chi connectivity index (χ2n) is 4.34. The molecule has 1 fully saturated rings. The lowest BCUT2D eigenvalue weighted by Crippen LogP contribution is -2.13. The summed E-state index contributed by atoms with van der Waals surface area (Å²) in [5, 5.41) is 0. The molecule has 0 aliphatic heterocycles. The van der Waals surface area contributed by atoms with E-state index in [2.05, 4.69) is 13.8 Å². The summed E-state index contributed by atoms with van der Waals surface area (Å²) < 4.78 is 0. The molecule has 5 heteroatoms. The lowest BCUT2D eigenvalue weighted by atomic mass is 10.0. The zero-order valence-corrected chi connectivity index (χ0v) is 12.5. The van der Waals surface area contributed by atoms with E-state index in [4.69, 9.17) is 11.5 Å². The quantitative estimate of drug-likeness (QED) is 0.826. The summed E-state index contributed by atoms with van der Waals surface area (Å²) in [5.41, 5.74) is 11.0. The first-order valence-corrected chi connectivity index (χ1v) is 6.20. The largest absolute Gasteiger partial charge is 0.412 e. The average Bonchev–Trinajstić information content (AvgIpc) is 2.66. The van der Waals surface area contributed by atoms with Gasteiger partial charge in [-0.05, 0) is 31.7 Å². The summed E-state index contributed by atoms with van der Waals surface area (Å²) in [4.78, 5) is 0. The Bertz CT molecular complexity index is 129. The first kappa shape index (κ1) is 30.9. The SMILES string of the molecule is C.CCC[C@H](CC)CN.NC1CCCC1.O.O.S.[HH].[HH]. The van der Waals surface area contributed by atoms with Gasteiger partial charge in [-0.2, -0.15) is 13.5 Å². The third-order valence-electron chi connectivity index (χ3n) is 3.01. The van der Waals surface area contributed by atoms with Gasteiger partial charge < -0.3 is 22.4 Å². The highest BCUT2D eigenvalue weighted by atomic mass is 32.1. The highest BCUT2D eigenvalue weighted by molar-refractivity contribution is 7.59. The standard InChI is InChI=1S/C7H17N.C5H11N.CH4.2H2O.H2S.2H2/c1-3-5-7(4-2)6-8;6-5-3-1-2-4-5;;;;;;/h7H,3-6,8H2,1-2H3;5H,1-4,6H2;1H4;3*1H2;2*1H/t7-;;;;;;;/m0......./s1. The Morgan fingerprint density at radius 2 is 1.61 bits per heavy atom. The van der Waals surface area contributed by atoms with Crippen molar-refractivity contribution in [3.05, 3.63) is 0 Å². The van der Waals surface area contributed by atoms with Gasteiger partial charge in [0.25, 0.3) is 0 Å². The van der Waals surface area contributed by atoms with Gasteiger partial charge >= 0.3 is 0 Å². The van der Waals surface area contributed by atoms with Crippen molar-refractivity contribution in [1.82, 2.24) is 0 Å². The van der Waals surface area contributed by atoms with Crippen LogP contribution in [0.3, 0.4) is 0 Å². The fourth-order valence-electron chi connectivity index (χ4n) is 1.85. The Balaban J connectivity index is -0.0000000263. The van der Waals surface area contributed by atoms with E-state index in [-0.39, 0.29) is 34.7 Å². The van der Waals surface area contributed by atoms with E-state index in [1.54, 1.807) is 0 Å². The molecule has 0 aromatic carbocycles. The third-order valence-corrected chi connectivity index (χ3v) is 3.01. The van der Waals surface area contributed by atoms with Gasteiger partial charge in [0.1, 0.15) is 0 Å². The molecule has 0 aromatic heterocycles. The second kappa shape index (κ2) is 22.4. The summed E-state index contributed by atoms with van der Waals surface area (Å²) in [5.74, 6) is 0.778. The average molecular weight is 291 g/mol. The van der Waals surface area contributed by atoms with Crippen LogP contribution in [0.2, 0.25) is 0 Å². The molecular weight excluding hydrogens is 248 g/mol. The Hall–Kier alpha value is 0.190. The zero-order chi connectivity index (χ0) is 10.8. The van der Waals surface area contributed by atoms with Crippen LogP contribution in [0.5, 0.6) is 0 Å². The molecule has 8 N–H and O–H groups in total. The minimum atomic E-state index is 0. The van der Waals surface area contributed by atoms with Crippen molar-refractivity contribution >= 4 is 13.5 Å². The molecule has 0 bridgehead atoms. The van der Waals surface area contributed by atoms with E-state index in [9.17, 15) is 0 Å². The Kier molecular flexibility index (Phi) is 38.4. The topological polar surface area (TPSA) is 115 Å². The Labute approximate surface area is 124 Å². The zero-order valence-electron chi connectivity index (χ0n) is 11.5. The minimum absolute atomic E-state index is 0. The molecule has 0 heterocycles. The normalized spacial score (nSPS) is 14.7. The Morgan fingerprint density at radius 3 is 1.72 bits per heavy atom. The van der Waals surface area contributed by atoms with Gasteiger partial charge in [0, 0.05) is 8.90 Å². The maximum atomic E-state index is 5.53. The maximum Gasteiger partial charge on any atom is 0.00388 e. The number of nitrogens with two attached hydrogens (primary N) is 2. The lowest BCUT2D eigenvalue weighted by Gasteiger charge is -2.08. The van der Waals surface area contributed by atoms with Crippen LogP contribution < -0.4 is 11.5 Å². The molecule has 1 rings (SSSR count). The van der Waals surface area contributed by atoms with Gasteiger partial charge in [-0.1, -0.05) is 47.0 Å². The van der Waals surface area contributed by atoms with E-state index in [0.717, 1.165) is 12.5 Å². The monoisotopic (exact) mass is 290 g/mol. The first-order valence-electron chi connectivity index (χ1n) is 6.20. The van der Waals surface area contributed by atoms with E-state index < -0.39 is 0 Å².